The molecule has 3 rings (SSSR count). The lowest BCUT2D eigenvalue weighted by atomic mass is 10.1. The summed E-state index contributed by atoms with van der Waals surface area (Å²) in [6.07, 6.45) is 5.25. The zero-order valence-electron chi connectivity index (χ0n) is 13.5. The predicted octanol–water partition coefficient (Wildman–Crippen LogP) is 4.50. The van der Waals surface area contributed by atoms with Gasteiger partial charge in [-0.3, -0.25) is 4.98 Å². The summed E-state index contributed by atoms with van der Waals surface area (Å²) in [5.41, 5.74) is 4.14. The largest absolute Gasteiger partial charge is 0.366 e. The van der Waals surface area contributed by atoms with Crippen LogP contribution < -0.4 is 10.6 Å². The summed E-state index contributed by atoms with van der Waals surface area (Å²) in [5.74, 6) is 1.24. The van der Waals surface area contributed by atoms with Crippen LogP contribution in [0.2, 0.25) is 5.02 Å². The molecule has 24 heavy (non-hydrogen) atoms. The number of pyridine rings is 1. The molecule has 0 saturated carbocycles. The molecule has 0 aliphatic carbocycles. The molecular weight excluding hydrogens is 322 g/mol. The molecule has 0 spiro atoms. The highest BCUT2D eigenvalue weighted by Gasteiger charge is 2.08. The molecule has 5 nitrogen and oxygen atoms in total. The molecule has 0 fully saturated rings. The van der Waals surface area contributed by atoms with Crippen molar-refractivity contribution < 1.29 is 0 Å². The van der Waals surface area contributed by atoms with Crippen LogP contribution in [0.25, 0.3) is 0 Å². The molecule has 2 aromatic heterocycles. The Morgan fingerprint density at radius 3 is 2.58 bits per heavy atom. The van der Waals surface area contributed by atoms with Gasteiger partial charge < -0.3 is 10.6 Å². The van der Waals surface area contributed by atoms with Gasteiger partial charge in [0, 0.05) is 25.1 Å². The lowest BCUT2D eigenvalue weighted by Crippen LogP contribution is -2.05. The Morgan fingerprint density at radius 1 is 1.04 bits per heavy atom. The highest BCUT2D eigenvalue weighted by Crippen LogP contribution is 2.29. The van der Waals surface area contributed by atoms with Crippen LogP contribution in [0.4, 0.5) is 17.5 Å². The normalized spacial score (nSPS) is 10.5. The minimum Gasteiger partial charge on any atom is -0.366 e. The van der Waals surface area contributed by atoms with Crippen molar-refractivity contribution in [3.8, 4) is 0 Å². The van der Waals surface area contributed by atoms with E-state index in [0.29, 0.717) is 17.5 Å². The van der Waals surface area contributed by atoms with Gasteiger partial charge in [0.05, 0.1) is 10.7 Å². The van der Waals surface area contributed by atoms with Crippen LogP contribution in [0.3, 0.4) is 0 Å². The van der Waals surface area contributed by atoms with Crippen molar-refractivity contribution >= 4 is 29.1 Å². The molecule has 2 N–H and O–H groups in total. The Kier molecular flexibility index (Phi) is 4.91. The molecule has 0 unspecified atom stereocenters. The number of hydrogen-bond acceptors (Lipinski definition) is 5. The van der Waals surface area contributed by atoms with Crippen LogP contribution in [0.15, 0.2) is 48.9 Å². The minimum absolute atomic E-state index is 0.503. The van der Waals surface area contributed by atoms with Crippen molar-refractivity contribution in [3.63, 3.8) is 0 Å². The molecule has 0 aliphatic heterocycles. The molecule has 0 aliphatic rings. The Bertz CT molecular complexity index is 813. The molecule has 6 heteroatoms. The Hall–Kier alpha value is -2.66. The van der Waals surface area contributed by atoms with Crippen molar-refractivity contribution in [2.24, 2.45) is 0 Å². The van der Waals surface area contributed by atoms with E-state index in [1.807, 2.05) is 38.1 Å². The number of aryl methyl sites for hydroxylation is 2. The topological polar surface area (TPSA) is 62.7 Å². The highest BCUT2D eigenvalue weighted by atomic mass is 35.5. The third-order valence-electron chi connectivity index (χ3n) is 3.55. The first-order valence-corrected chi connectivity index (χ1v) is 7.99. The predicted molar refractivity (Wildman–Crippen MR) is 97.8 cm³/mol. The Labute approximate surface area is 146 Å². The van der Waals surface area contributed by atoms with Gasteiger partial charge in [-0.25, -0.2) is 4.98 Å². The first-order chi connectivity index (χ1) is 11.6. The Balaban J connectivity index is 1.74. The van der Waals surface area contributed by atoms with Gasteiger partial charge >= 0.3 is 0 Å². The average molecular weight is 340 g/mol. The van der Waals surface area contributed by atoms with E-state index in [1.54, 1.807) is 18.6 Å². The van der Waals surface area contributed by atoms with E-state index in [4.69, 9.17) is 11.6 Å². The number of benzene rings is 1. The summed E-state index contributed by atoms with van der Waals surface area (Å²) in [4.78, 5) is 12.8. The summed E-state index contributed by atoms with van der Waals surface area (Å²) < 4.78 is 0. The number of aromatic nitrogens is 3. The zero-order valence-corrected chi connectivity index (χ0v) is 14.3. The molecular formula is C18H18ClN5. The van der Waals surface area contributed by atoms with Gasteiger partial charge in [0.1, 0.15) is 5.82 Å². The van der Waals surface area contributed by atoms with Crippen molar-refractivity contribution in [1.82, 2.24) is 15.0 Å². The van der Waals surface area contributed by atoms with Crippen LogP contribution >= 0.6 is 11.6 Å². The first kappa shape index (κ1) is 16.2. The van der Waals surface area contributed by atoms with E-state index in [2.05, 4.69) is 31.7 Å². The second-order valence-electron chi connectivity index (χ2n) is 5.54. The SMILES string of the molecule is Cc1cc(C)c(Nc2nccc(NCc3ccncc3)n2)c(Cl)c1. The highest BCUT2D eigenvalue weighted by molar-refractivity contribution is 6.33. The lowest BCUT2D eigenvalue weighted by Gasteiger charge is -2.12. The van der Waals surface area contributed by atoms with E-state index < -0.39 is 0 Å². The fourth-order valence-corrected chi connectivity index (χ4v) is 2.76. The van der Waals surface area contributed by atoms with Gasteiger partial charge in [0.2, 0.25) is 5.95 Å². The van der Waals surface area contributed by atoms with E-state index in [9.17, 15) is 0 Å². The van der Waals surface area contributed by atoms with E-state index in [-0.39, 0.29) is 0 Å². The molecule has 0 atom stereocenters. The third kappa shape index (κ3) is 4.00. The number of rotatable bonds is 5. The van der Waals surface area contributed by atoms with Crippen molar-refractivity contribution in [2.45, 2.75) is 20.4 Å². The summed E-state index contributed by atoms with van der Waals surface area (Å²) in [6.45, 7) is 4.69. The lowest BCUT2D eigenvalue weighted by molar-refractivity contribution is 1.07. The van der Waals surface area contributed by atoms with Crippen molar-refractivity contribution in [2.75, 3.05) is 10.6 Å². The maximum atomic E-state index is 6.33. The summed E-state index contributed by atoms with van der Waals surface area (Å²) in [5, 5.41) is 7.13. The minimum atomic E-state index is 0.503. The van der Waals surface area contributed by atoms with Crippen molar-refractivity contribution in [1.29, 1.82) is 0 Å². The molecule has 2 heterocycles. The molecule has 3 aromatic rings. The Morgan fingerprint density at radius 2 is 1.83 bits per heavy atom. The van der Waals surface area contributed by atoms with Gasteiger partial charge in [-0.15, -0.1) is 0 Å². The number of nitrogens with zero attached hydrogens (tertiary/aromatic N) is 3. The van der Waals surface area contributed by atoms with Gasteiger partial charge in [0.15, 0.2) is 0 Å². The van der Waals surface area contributed by atoms with Crippen LogP contribution in [0.5, 0.6) is 0 Å². The molecule has 1 aromatic carbocycles. The molecule has 0 radical (unpaired) electrons. The fourth-order valence-electron chi connectivity index (χ4n) is 2.40. The second-order valence-corrected chi connectivity index (χ2v) is 5.95. The molecule has 0 bridgehead atoms. The van der Waals surface area contributed by atoms with Crippen LogP contribution in [-0.2, 0) is 6.54 Å². The zero-order chi connectivity index (χ0) is 16.9. The van der Waals surface area contributed by atoms with Crippen LogP contribution in [0.1, 0.15) is 16.7 Å². The second kappa shape index (κ2) is 7.27. The maximum absolute atomic E-state index is 6.33. The number of anilines is 3. The molecule has 0 saturated heterocycles. The quantitative estimate of drug-likeness (QED) is 0.716. The van der Waals surface area contributed by atoms with Gasteiger partial charge in [-0.2, -0.15) is 4.98 Å². The summed E-state index contributed by atoms with van der Waals surface area (Å²) >= 11 is 6.33. The van der Waals surface area contributed by atoms with Crippen LogP contribution in [-0.4, -0.2) is 15.0 Å². The molecule has 122 valence electrons. The average Bonchev–Trinajstić information content (AvgIpc) is 2.58. The van der Waals surface area contributed by atoms with Crippen molar-refractivity contribution in [3.05, 3.63) is 70.6 Å². The summed E-state index contributed by atoms with van der Waals surface area (Å²) in [7, 11) is 0. The van der Waals surface area contributed by atoms with Crippen LogP contribution in [0, 0.1) is 13.8 Å². The first-order valence-electron chi connectivity index (χ1n) is 7.61. The number of halogens is 1. The number of hydrogen-bond donors (Lipinski definition) is 2. The van der Waals surface area contributed by atoms with Gasteiger partial charge in [-0.05, 0) is 54.8 Å². The van der Waals surface area contributed by atoms with E-state index in [1.165, 1.54) is 0 Å². The monoisotopic (exact) mass is 339 g/mol. The standard InChI is InChI=1S/C18H18ClN5/c1-12-9-13(2)17(15(19)10-12)24-18-21-8-5-16(23-18)22-11-14-3-6-20-7-4-14/h3-10H,11H2,1-2H3,(H2,21,22,23,24). The fraction of sp³-hybridized carbons (Fsp3) is 0.167. The summed E-state index contributed by atoms with van der Waals surface area (Å²) in [6, 6.07) is 9.74. The third-order valence-corrected chi connectivity index (χ3v) is 3.85. The van der Waals surface area contributed by atoms with Gasteiger partial charge in [0.25, 0.3) is 0 Å². The van der Waals surface area contributed by atoms with Gasteiger partial charge in [-0.1, -0.05) is 17.7 Å². The molecule has 0 amide bonds. The van der Waals surface area contributed by atoms with E-state index >= 15 is 0 Å². The smallest absolute Gasteiger partial charge is 0.229 e. The maximum Gasteiger partial charge on any atom is 0.229 e. The number of nitrogens with one attached hydrogen (secondary N) is 2. The van der Waals surface area contributed by atoms with E-state index in [0.717, 1.165) is 28.2 Å².